The quantitative estimate of drug-likeness (QED) is 0.327. The van der Waals surface area contributed by atoms with Crippen molar-refractivity contribution in [2.75, 3.05) is 0 Å². The summed E-state index contributed by atoms with van der Waals surface area (Å²) in [7, 11) is 2.40. The Labute approximate surface area is 102 Å². The van der Waals surface area contributed by atoms with Gasteiger partial charge in [-0.3, -0.25) is 0 Å². The van der Waals surface area contributed by atoms with Crippen molar-refractivity contribution >= 4 is 9.24 Å². The molecule has 0 spiro atoms. The predicted octanol–water partition coefficient (Wildman–Crippen LogP) is 3.05. The van der Waals surface area contributed by atoms with Crippen LogP contribution in [0.2, 0.25) is 0 Å². The van der Waals surface area contributed by atoms with Crippen LogP contribution in [0.15, 0.2) is 65.4 Å². The van der Waals surface area contributed by atoms with Gasteiger partial charge in [-0.2, -0.15) is 18.2 Å². The summed E-state index contributed by atoms with van der Waals surface area (Å²) in [6.45, 7) is 0. The first kappa shape index (κ1) is 14.1. The van der Waals surface area contributed by atoms with Crippen molar-refractivity contribution in [2.24, 2.45) is 0 Å². The number of aliphatic hydroxyl groups excluding tert-OH is 1. The smallest absolute Gasteiger partial charge is 0.282 e. The van der Waals surface area contributed by atoms with Gasteiger partial charge in [-0.05, 0) is 11.4 Å². The van der Waals surface area contributed by atoms with E-state index in [1.54, 1.807) is 18.2 Å². The first-order chi connectivity index (χ1) is 6.72. The molecular formula is C11H12FeO2P-. The minimum atomic E-state index is -0.620. The van der Waals surface area contributed by atoms with Crippen molar-refractivity contribution in [1.82, 2.24) is 0 Å². The predicted molar refractivity (Wildman–Crippen MR) is 61.3 cm³/mol. The second kappa shape index (κ2) is 7.42. The van der Waals surface area contributed by atoms with E-state index >= 15 is 0 Å². The topological polar surface area (TPSA) is 40.5 Å². The first-order valence-corrected chi connectivity index (χ1v) is 4.72. The Morgan fingerprint density at radius 1 is 1.20 bits per heavy atom. The number of aliphatic hydroxyl groups is 2. The average Bonchev–Trinajstić information content (AvgIpc) is 2.74. The molecule has 1 atom stereocenters. The zero-order valence-electron chi connectivity index (χ0n) is 7.94. The minimum absolute atomic E-state index is 0. The number of allylic oxidation sites excluding steroid dienone is 5. The van der Waals surface area contributed by atoms with Gasteiger partial charge in [-0.25, -0.2) is 12.1 Å². The molecule has 2 nitrogen and oxygen atoms in total. The van der Waals surface area contributed by atoms with Crippen LogP contribution in [0, 0.1) is 0 Å². The molecule has 0 saturated carbocycles. The maximum absolute atomic E-state index is 8.55. The Morgan fingerprint density at radius 3 is 2.00 bits per heavy atom. The van der Waals surface area contributed by atoms with Gasteiger partial charge >= 0.3 is 0 Å². The van der Waals surface area contributed by atoms with Crippen LogP contribution in [-0.2, 0) is 17.1 Å². The molecule has 0 bridgehead atoms. The zero-order valence-corrected chi connectivity index (χ0v) is 10.2. The summed E-state index contributed by atoms with van der Waals surface area (Å²) in [5, 5.41) is 17.9. The summed E-state index contributed by atoms with van der Waals surface area (Å²) in [4.78, 5) is 0. The maximum atomic E-state index is 8.55. The van der Waals surface area contributed by atoms with Crippen LogP contribution in [0.25, 0.3) is 0 Å². The third-order valence-electron chi connectivity index (χ3n) is 1.65. The van der Waals surface area contributed by atoms with E-state index in [9.17, 15) is 0 Å². The van der Waals surface area contributed by atoms with E-state index in [-0.39, 0.29) is 17.1 Å². The Bertz CT molecular complexity index is 343. The van der Waals surface area contributed by atoms with E-state index in [0.29, 0.717) is 5.57 Å². The Hall–Kier alpha value is -0.881. The summed E-state index contributed by atoms with van der Waals surface area (Å²) in [5.74, 6) is -0.620. The molecule has 15 heavy (non-hydrogen) atoms. The van der Waals surface area contributed by atoms with Crippen molar-refractivity contribution in [3.63, 3.8) is 0 Å². The van der Waals surface area contributed by atoms with E-state index in [2.05, 4.69) is 9.24 Å². The molecule has 1 aromatic carbocycles. The molecule has 1 aliphatic carbocycles. The van der Waals surface area contributed by atoms with E-state index in [4.69, 9.17) is 10.2 Å². The minimum Gasteiger partial charge on any atom is -0.481 e. The molecule has 4 heteroatoms. The fourth-order valence-corrected chi connectivity index (χ4v) is 1.29. The fourth-order valence-electron chi connectivity index (χ4n) is 0.958. The van der Waals surface area contributed by atoms with Gasteiger partial charge in [0.25, 0.3) is 5.95 Å². The third-order valence-corrected chi connectivity index (χ3v) is 2.15. The van der Waals surface area contributed by atoms with Gasteiger partial charge in [0.1, 0.15) is 0 Å². The second-order valence-corrected chi connectivity index (χ2v) is 3.30. The summed E-state index contributed by atoms with van der Waals surface area (Å²) >= 11 is 0. The normalized spacial score (nSPS) is 12.3. The van der Waals surface area contributed by atoms with Crippen LogP contribution < -0.4 is 0 Å². The van der Waals surface area contributed by atoms with E-state index in [0.717, 1.165) is 5.31 Å². The van der Waals surface area contributed by atoms with Crippen molar-refractivity contribution < 1.29 is 27.3 Å². The number of hydrogen-bond acceptors (Lipinski definition) is 2. The van der Waals surface area contributed by atoms with Gasteiger partial charge < -0.3 is 10.2 Å². The van der Waals surface area contributed by atoms with Gasteiger partial charge in [0, 0.05) is 17.1 Å². The number of rotatable bonds is 0. The van der Waals surface area contributed by atoms with Crippen LogP contribution in [0.3, 0.4) is 0 Å². The van der Waals surface area contributed by atoms with Crippen molar-refractivity contribution in [1.29, 1.82) is 0 Å². The van der Waals surface area contributed by atoms with Crippen LogP contribution in [0.4, 0.5) is 0 Å². The maximum Gasteiger partial charge on any atom is 0.282 e. The van der Waals surface area contributed by atoms with Crippen LogP contribution in [-0.4, -0.2) is 10.2 Å². The van der Waals surface area contributed by atoms with Crippen LogP contribution in [0.5, 0.6) is 0 Å². The molecule has 1 unspecified atom stereocenters. The molecule has 0 heterocycles. The van der Waals surface area contributed by atoms with E-state index in [1.807, 2.05) is 30.3 Å². The summed E-state index contributed by atoms with van der Waals surface area (Å²) in [6.07, 6.45) is 5.17. The summed E-state index contributed by atoms with van der Waals surface area (Å²) in [6, 6.07) is 10.0. The molecular weight excluding hydrogens is 251 g/mol. The fraction of sp³-hybridized carbons (Fsp3) is 0. The van der Waals surface area contributed by atoms with Gasteiger partial charge in [-0.15, -0.1) is 9.24 Å². The molecule has 2 N–H and O–H groups in total. The molecule has 0 radical (unpaired) electrons. The van der Waals surface area contributed by atoms with Crippen molar-refractivity contribution in [3.8, 4) is 0 Å². The molecule has 0 aromatic heterocycles. The number of hydrogen-bond donors (Lipinski definition) is 2. The van der Waals surface area contributed by atoms with E-state index in [1.165, 1.54) is 0 Å². The van der Waals surface area contributed by atoms with Crippen molar-refractivity contribution in [3.05, 3.63) is 65.4 Å². The Morgan fingerprint density at radius 2 is 1.80 bits per heavy atom. The Balaban J connectivity index is 0.000000280. The Kier molecular flexibility index (Phi) is 6.98. The largest absolute Gasteiger partial charge is 0.481 e. The average molecular weight is 263 g/mol. The van der Waals surface area contributed by atoms with Gasteiger partial charge in [0.2, 0.25) is 0 Å². The van der Waals surface area contributed by atoms with E-state index < -0.39 is 5.95 Å². The standard InChI is InChI=1S/C6H7O2P.C5H5.Fe/c7-6(8)4-2-1-3-5(4)9;1-2-4-5-3-1;/h1-3,7-8H,9H2;1-5H;/q;-1;. The van der Waals surface area contributed by atoms with Gasteiger partial charge in [0.05, 0.1) is 5.57 Å². The first-order valence-electron chi connectivity index (χ1n) is 4.15. The molecule has 2 rings (SSSR count). The third kappa shape index (κ3) is 4.94. The molecule has 1 aliphatic rings. The molecule has 0 amide bonds. The van der Waals surface area contributed by atoms with Crippen molar-refractivity contribution in [2.45, 2.75) is 0 Å². The monoisotopic (exact) mass is 263 g/mol. The van der Waals surface area contributed by atoms with Crippen LogP contribution in [0.1, 0.15) is 0 Å². The zero-order chi connectivity index (χ0) is 10.4. The molecule has 82 valence electrons. The summed E-state index contributed by atoms with van der Waals surface area (Å²) < 4.78 is 0. The molecule has 0 fully saturated rings. The molecule has 0 aliphatic heterocycles. The SMILES string of the molecule is OC(O)=C1C=CC=C1P.[Fe].c1cc[cH-]c1. The second-order valence-electron chi connectivity index (χ2n) is 2.68. The van der Waals surface area contributed by atoms with Gasteiger partial charge in [0.15, 0.2) is 0 Å². The molecule has 1 aromatic rings. The molecule has 0 saturated heterocycles. The summed E-state index contributed by atoms with van der Waals surface area (Å²) in [5.41, 5.74) is 0.472. The van der Waals surface area contributed by atoms with Gasteiger partial charge in [-0.1, -0.05) is 12.2 Å². The van der Waals surface area contributed by atoms with Crippen LogP contribution >= 0.6 is 9.24 Å².